The minimum absolute atomic E-state index is 0.119. The van der Waals surface area contributed by atoms with Gasteiger partial charge in [-0.3, -0.25) is 0 Å². The van der Waals surface area contributed by atoms with Crippen LogP contribution in [-0.2, 0) is 0 Å². The maximum atomic E-state index is 6.24. The normalized spacial score (nSPS) is 12.5. The molecule has 0 saturated heterocycles. The minimum Gasteiger partial charge on any atom is -0.489 e. The molecular weight excluding hydrogens is 358 g/mol. The van der Waals surface area contributed by atoms with Crippen LogP contribution < -0.4 is 10.1 Å². The molecule has 0 aliphatic rings. The first-order valence-electron chi connectivity index (χ1n) is 6.42. The fraction of sp³-hybridized carbons (Fsp3) is 0.333. The van der Waals surface area contributed by atoms with Crippen LogP contribution in [0.2, 0.25) is 5.02 Å². The maximum Gasteiger partial charge on any atom is 0.138 e. The first-order valence-corrected chi connectivity index (χ1v) is 8.47. The maximum absolute atomic E-state index is 6.24. The summed E-state index contributed by atoms with van der Waals surface area (Å²) in [7, 11) is 0. The Labute approximate surface area is 137 Å². The van der Waals surface area contributed by atoms with Gasteiger partial charge in [-0.05, 0) is 61.0 Å². The van der Waals surface area contributed by atoms with Crippen molar-refractivity contribution in [2.75, 3.05) is 5.32 Å². The van der Waals surface area contributed by atoms with Gasteiger partial charge in [0.25, 0.3) is 0 Å². The molecule has 0 saturated carbocycles. The molecule has 2 rings (SSSR count). The first-order chi connectivity index (χ1) is 9.45. The fourth-order valence-corrected chi connectivity index (χ4v) is 3.49. The molecule has 1 aromatic carbocycles. The molecule has 1 aromatic heterocycles. The molecule has 108 valence electrons. The molecule has 20 heavy (non-hydrogen) atoms. The van der Waals surface area contributed by atoms with Crippen LogP contribution in [0.5, 0.6) is 5.75 Å². The van der Waals surface area contributed by atoms with Crippen LogP contribution in [0.15, 0.2) is 34.1 Å². The number of nitrogens with one attached hydrogen (secondary N) is 1. The summed E-state index contributed by atoms with van der Waals surface area (Å²) in [6.45, 7) is 6.10. The van der Waals surface area contributed by atoms with Gasteiger partial charge in [0.1, 0.15) is 5.75 Å². The quantitative estimate of drug-likeness (QED) is 0.680. The molecule has 0 bridgehead atoms. The average molecular weight is 375 g/mol. The Morgan fingerprint density at radius 1 is 1.25 bits per heavy atom. The van der Waals surface area contributed by atoms with Gasteiger partial charge in [0.15, 0.2) is 0 Å². The molecule has 2 aromatic rings. The molecule has 0 aliphatic heterocycles. The number of hydrogen-bond acceptors (Lipinski definition) is 3. The lowest BCUT2D eigenvalue weighted by Gasteiger charge is -2.16. The third kappa shape index (κ3) is 4.14. The van der Waals surface area contributed by atoms with Gasteiger partial charge in [-0.25, -0.2) is 0 Å². The monoisotopic (exact) mass is 373 g/mol. The highest BCUT2D eigenvalue weighted by molar-refractivity contribution is 9.10. The standard InChI is InChI=1S/C15H17BrClNOS/c1-9(2)19-14-5-4-12(7-13(14)17)18-10(3)15-6-11(16)8-20-15/h4-10,18H,1-3H3. The SMILES string of the molecule is CC(C)Oc1ccc(NC(C)c2cc(Br)cs2)cc1Cl. The van der Waals surface area contributed by atoms with E-state index in [0.717, 1.165) is 15.9 Å². The Morgan fingerprint density at radius 3 is 2.55 bits per heavy atom. The zero-order chi connectivity index (χ0) is 14.7. The summed E-state index contributed by atoms with van der Waals surface area (Å²) in [6.07, 6.45) is 0.119. The molecule has 1 heterocycles. The summed E-state index contributed by atoms with van der Waals surface area (Å²) in [5.74, 6) is 0.721. The van der Waals surface area contributed by atoms with Gasteiger partial charge in [-0.1, -0.05) is 11.6 Å². The van der Waals surface area contributed by atoms with Crippen LogP contribution in [0.1, 0.15) is 31.7 Å². The molecule has 0 amide bonds. The van der Waals surface area contributed by atoms with E-state index in [1.165, 1.54) is 4.88 Å². The number of hydrogen-bond donors (Lipinski definition) is 1. The lowest BCUT2D eigenvalue weighted by atomic mass is 10.2. The van der Waals surface area contributed by atoms with Gasteiger partial charge >= 0.3 is 0 Å². The second kappa shape index (κ2) is 6.83. The highest BCUT2D eigenvalue weighted by atomic mass is 79.9. The predicted molar refractivity (Wildman–Crippen MR) is 91.3 cm³/mol. The van der Waals surface area contributed by atoms with Crippen LogP contribution in [0.4, 0.5) is 5.69 Å². The first kappa shape index (κ1) is 15.7. The second-order valence-corrected chi connectivity index (χ2v) is 7.11. The Hall–Kier alpha value is -0.710. The van der Waals surface area contributed by atoms with Crippen LogP contribution in [-0.4, -0.2) is 6.10 Å². The van der Waals surface area contributed by atoms with Crippen molar-refractivity contribution in [1.29, 1.82) is 0 Å². The number of anilines is 1. The lowest BCUT2D eigenvalue weighted by Crippen LogP contribution is -2.07. The molecule has 0 aliphatic carbocycles. The summed E-state index contributed by atoms with van der Waals surface area (Å²) >= 11 is 11.4. The van der Waals surface area contributed by atoms with Crippen molar-refractivity contribution < 1.29 is 4.74 Å². The minimum atomic E-state index is 0.119. The van der Waals surface area contributed by atoms with Crippen molar-refractivity contribution >= 4 is 44.6 Å². The van der Waals surface area contributed by atoms with Crippen molar-refractivity contribution in [2.24, 2.45) is 0 Å². The topological polar surface area (TPSA) is 21.3 Å². The number of benzene rings is 1. The smallest absolute Gasteiger partial charge is 0.138 e. The van der Waals surface area contributed by atoms with Crippen molar-refractivity contribution in [3.63, 3.8) is 0 Å². The molecular formula is C15H17BrClNOS. The average Bonchev–Trinajstić information content (AvgIpc) is 2.79. The highest BCUT2D eigenvalue weighted by Gasteiger charge is 2.10. The van der Waals surface area contributed by atoms with E-state index < -0.39 is 0 Å². The molecule has 2 nitrogen and oxygen atoms in total. The lowest BCUT2D eigenvalue weighted by molar-refractivity contribution is 0.242. The molecule has 0 radical (unpaired) electrons. The van der Waals surface area contributed by atoms with Crippen molar-refractivity contribution in [1.82, 2.24) is 0 Å². The number of thiophene rings is 1. The van der Waals surface area contributed by atoms with E-state index in [1.807, 2.05) is 32.0 Å². The number of halogens is 2. The fourth-order valence-electron chi connectivity index (χ4n) is 1.82. The summed E-state index contributed by atoms with van der Waals surface area (Å²) in [6, 6.07) is 8.16. The van der Waals surface area contributed by atoms with E-state index in [2.05, 4.69) is 39.6 Å². The Balaban J connectivity index is 2.08. The zero-order valence-corrected chi connectivity index (χ0v) is 14.8. The van der Waals surface area contributed by atoms with E-state index in [4.69, 9.17) is 16.3 Å². The van der Waals surface area contributed by atoms with Crippen LogP contribution >= 0.6 is 38.9 Å². The van der Waals surface area contributed by atoms with Gasteiger partial charge in [0, 0.05) is 20.4 Å². The molecule has 1 atom stereocenters. The molecule has 0 fully saturated rings. The molecule has 1 N–H and O–H groups in total. The molecule has 0 spiro atoms. The summed E-state index contributed by atoms with van der Waals surface area (Å²) < 4.78 is 6.74. The van der Waals surface area contributed by atoms with Crippen LogP contribution in [0.25, 0.3) is 0 Å². The Morgan fingerprint density at radius 2 is 2.00 bits per heavy atom. The van der Waals surface area contributed by atoms with E-state index >= 15 is 0 Å². The third-order valence-electron chi connectivity index (χ3n) is 2.69. The Kier molecular flexibility index (Phi) is 5.35. The summed E-state index contributed by atoms with van der Waals surface area (Å²) in [5, 5.41) is 6.15. The van der Waals surface area contributed by atoms with Crippen LogP contribution in [0, 0.1) is 0 Å². The number of rotatable bonds is 5. The predicted octanol–water partition coefficient (Wildman–Crippen LogP) is 6.12. The van der Waals surface area contributed by atoms with Gasteiger partial charge in [0.2, 0.25) is 0 Å². The van der Waals surface area contributed by atoms with E-state index in [1.54, 1.807) is 11.3 Å². The molecule has 5 heteroatoms. The van der Waals surface area contributed by atoms with Crippen LogP contribution in [0.3, 0.4) is 0 Å². The largest absolute Gasteiger partial charge is 0.489 e. The van der Waals surface area contributed by atoms with Gasteiger partial charge in [0.05, 0.1) is 17.2 Å². The van der Waals surface area contributed by atoms with Crippen molar-refractivity contribution in [2.45, 2.75) is 32.9 Å². The molecule has 1 unspecified atom stereocenters. The Bertz CT molecular complexity index is 585. The second-order valence-electron chi connectivity index (χ2n) is 4.85. The van der Waals surface area contributed by atoms with E-state index in [-0.39, 0.29) is 12.1 Å². The van der Waals surface area contributed by atoms with E-state index in [9.17, 15) is 0 Å². The highest BCUT2D eigenvalue weighted by Crippen LogP contribution is 2.32. The van der Waals surface area contributed by atoms with Gasteiger partial charge in [-0.15, -0.1) is 11.3 Å². The van der Waals surface area contributed by atoms with Gasteiger partial charge < -0.3 is 10.1 Å². The van der Waals surface area contributed by atoms with Crippen molar-refractivity contribution in [3.05, 3.63) is 44.0 Å². The zero-order valence-electron chi connectivity index (χ0n) is 11.6. The van der Waals surface area contributed by atoms with Gasteiger partial charge in [-0.2, -0.15) is 0 Å². The summed E-state index contributed by atoms with van der Waals surface area (Å²) in [4.78, 5) is 1.27. The number of ether oxygens (including phenoxy) is 1. The summed E-state index contributed by atoms with van der Waals surface area (Å²) in [5.41, 5.74) is 0.989. The third-order valence-corrected chi connectivity index (χ3v) is 4.86. The van der Waals surface area contributed by atoms with E-state index in [0.29, 0.717) is 5.02 Å². The van der Waals surface area contributed by atoms with Crippen molar-refractivity contribution in [3.8, 4) is 5.75 Å².